The fourth-order valence-corrected chi connectivity index (χ4v) is 3.58. The molecule has 0 amide bonds. The normalized spacial score (nSPS) is 25.6. The maximum atomic E-state index is 12.4. The smallest absolute Gasteiger partial charge is 0.168 e. The molecule has 2 rings (SSSR count). The van der Waals surface area contributed by atoms with Gasteiger partial charge in [0.05, 0.1) is 6.10 Å². The minimum atomic E-state index is -0.509. The summed E-state index contributed by atoms with van der Waals surface area (Å²) in [4.78, 5) is 12.4. The number of carbonyl (C=O) groups is 1. The second kappa shape index (κ2) is 7.22. The third-order valence-corrected chi connectivity index (χ3v) is 5.23. The Morgan fingerprint density at radius 2 is 1.52 bits per heavy atom. The van der Waals surface area contributed by atoms with Crippen LogP contribution in [0.5, 0.6) is 0 Å². The molecule has 2 nitrogen and oxygen atoms in total. The van der Waals surface area contributed by atoms with E-state index in [4.69, 9.17) is 0 Å². The molecule has 21 heavy (non-hydrogen) atoms. The van der Waals surface area contributed by atoms with Gasteiger partial charge in [0, 0.05) is 11.5 Å². The number of aliphatic hydroxyl groups excluding tert-OH is 1. The Morgan fingerprint density at radius 1 is 1.00 bits per heavy atom. The Bertz CT molecular complexity index is 444. The molecule has 0 radical (unpaired) electrons. The van der Waals surface area contributed by atoms with Gasteiger partial charge in [-0.25, -0.2) is 0 Å². The number of ketones is 1. The summed E-state index contributed by atoms with van der Waals surface area (Å²) in [6.07, 6.45) is 3.97. The molecule has 2 heteroatoms. The van der Waals surface area contributed by atoms with Crippen molar-refractivity contribution >= 4 is 5.78 Å². The van der Waals surface area contributed by atoms with Crippen molar-refractivity contribution in [1.29, 1.82) is 0 Å². The summed E-state index contributed by atoms with van der Waals surface area (Å²) >= 11 is 0. The number of Topliss-reactive ketones (excluding diaryl/α,β-unsaturated/α-hetero) is 1. The lowest BCUT2D eigenvalue weighted by Crippen LogP contribution is -2.35. The van der Waals surface area contributed by atoms with E-state index in [0.717, 1.165) is 24.7 Å². The molecule has 0 heterocycles. The second-order valence-corrected chi connectivity index (χ2v) is 6.93. The lowest BCUT2D eigenvalue weighted by atomic mass is 9.72. The van der Waals surface area contributed by atoms with E-state index in [1.807, 2.05) is 37.3 Å². The van der Waals surface area contributed by atoms with Crippen LogP contribution in [0.1, 0.15) is 56.8 Å². The van der Waals surface area contributed by atoms with Crippen molar-refractivity contribution in [2.24, 2.45) is 23.7 Å². The van der Waals surface area contributed by atoms with Crippen LogP contribution in [-0.2, 0) is 0 Å². The summed E-state index contributed by atoms with van der Waals surface area (Å²) in [6.45, 7) is 6.43. The van der Waals surface area contributed by atoms with Crippen LogP contribution in [0.4, 0.5) is 0 Å². The SMILES string of the molecule is CC(C)C1CCC(C(O)C(C)C(=O)c2ccccc2)CC1. The fraction of sp³-hybridized carbons (Fsp3) is 0.632. The van der Waals surface area contributed by atoms with Gasteiger partial charge >= 0.3 is 0 Å². The van der Waals surface area contributed by atoms with Crippen LogP contribution in [-0.4, -0.2) is 17.0 Å². The number of hydrogen-bond acceptors (Lipinski definition) is 2. The Labute approximate surface area is 128 Å². The van der Waals surface area contributed by atoms with Crippen molar-refractivity contribution < 1.29 is 9.90 Å². The summed E-state index contributed by atoms with van der Waals surface area (Å²) in [5.41, 5.74) is 0.708. The van der Waals surface area contributed by atoms with Gasteiger partial charge in [-0.2, -0.15) is 0 Å². The molecular formula is C19H28O2. The summed E-state index contributed by atoms with van der Waals surface area (Å²) in [5, 5.41) is 10.6. The molecule has 0 bridgehead atoms. The highest BCUT2D eigenvalue weighted by molar-refractivity contribution is 5.97. The Hall–Kier alpha value is -1.15. The summed E-state index contributed by atoms with van der Waals surface area (Å²) < 4.78 is 0. The Kier molecular flexibility index (Phi) is 5.58. The maximum absolute atomic E-state index is 12.4. The first-order chi connectivity index (χ1) is 10.0. The molecule has 1 saturated carbocycles. The molecule has 0 aliphatic heterocycles. The molecule has 2 atom stereocenters. The van der Waals surface area contributed by atoms with Crippen LogP contribution in [0.25, 0.3) is 0 Å². The molecule has 1 aliphatic rings. The zero-order valence-corrected chi connectivity index (χ0v) is 13.5. The highest BCUT2D eigenvalue weighted by atomic mass is 16.3. The second-order valence-electron chi connectivity index (χ2n) is 6.93. The van der Waals surface area contributed by atoms with E-state index in [9.17, 15) is 9.90 Å². The lowest BCUT2D eigenvalue weighted by molar-refractivity contribution is 0.0273. The monoisotopic (exact) mass is 288 g/mol. The van der Waals surface area contributed by atoms with E-state index in [1.165, 1.54) is 12.8 Å². The van der Waals surface area contributed by atoms with Gasteiger partial charge in [0.25, 0.3) is 0 Å². The van der Waals surface area contributed by atoms with Gasteiger partial charge < -0.3 is 5.11 Å². The van der Waals surface area contributed by atoms with Crippen LogP contribution in [0.3, 0.4) is 0 Å². The lowest BCUT2D eigenvalue weighted by Gasteiger charge is -2.35. The molecule has 116 valence electrons. The fourth-order valence-electron chi connectivity index (χ4n) is 3.58. The summed E-state index contributed by atoms with van der Waals surface area (Å²) in [5.74, 6) is 1.55. The van der Waals surface area contributed by atoms with Gasteiger partial charge in [-0.1, -0.05) is 51.1 Å². The molecule has 0 saturated heterocycles. The van der Waals surface area contributed by atoms with E-state index in [-0.39, 0.29) is 17.6 Å². The molecule has 1 aromatic rings. The van der Waals surface area contributed by atoms with Crippen LogP contribution in [0.15, 0.2) is 30.3 Å². The molecule has 1 aromatic carbocycles. The van der Waals surface area contributed by atoms with Crippen molar-refractivity contribution in [3.63, 3.8) is 0 Å². The molecule has 0 spiro atoms. The Morgan fingerprint density at radius 3 is 2.05 bits per heavy atom. The predicted octanol–water partition coefficient (Wildman–Crippen LogP) is 4.33. The predicted molar refractivity (Wildman–Crippen MR) is 86.2 cm³/mol. The minimum absolute atomic E-state index is 0.0640. The molecule has 1 N–H and O–H groups in total. The highest BCUT2D eigenvalue weighted by Crippen LogP contribution is 2.36. The van der Waals surface area contributed by atoms with Crippen LogP contribution < -0.4 is 0 Å². The zero-order valence-electron chi connectivity index (χ0n) is 13.5. The summed E-state index contributed by atoms with van der Waals surface area (Å²) in [7, 11) is 0. The zero-order chi connectivity index (χ0) is 15.4. The first-order valence-corrected chi connectivity index (χ1v) is 8.28. The number of benzene rings is 1. The number of hydrogen-bond donors (Lipinski definition) is 1. The first kappa shape index (κ1) is 16.2. The quantitative estimate of drug-likeness (QED) is 0.819. The molecular weight excluding hydrogens is 260 g/mol. The summed E-state index contributed by atoms with van der Waals surface area (Å²) in [6, 6.07) is 9.33. The van der Waals surface area contributed by atoms with E-state index in [0.29, 0.717) is 5.56 Å². The van der Waals surface area contributed by atoms with E-state index >= 15 is 0 Å². The van der Waals surface area contributed by atoms with E-state index in [2.05, 4.69) is 13.8 Å². The minimum Gasteiger partial charge on any atom is -0.392 e. The maximum Gasteiger partial charge on any atom is 0.168 e. The molecule has 1 aliphatic carbocycles. The van der Waals surface area contributed by atoms with E-state index < -0.39 is 6.10 Å². The van der Waals surface area contributed by atoms with Crippen LogP contribution >= 0.6 is 0 Å². The van der Waals surface area contributed by atoms with Crippen molar-refractivity contribution in [2.45, 2.75) is 52.6 Å². The largest absolute Gasteiger partial charge is 0.392 e. The topological polar surface area (TPSA) is 37.3 Å². The first-order valence-electron chi connectivity index (χ1n) is 8.28. The molecule has 0 aromatic heterocycles. The van der Waals surface area contributed by atoms with Gasteiger partial charge in [0.1, 0.15) is 0 Å². The Balaban J connectivity index is 1.94. The van der Waals surface area contributed by atoms with Gasteiger partial charge in [-0.05, 0) is 43.4 Å². The average Bonchev–Trinajstić information content (AvgIpc) is 2.53. The third-order valence-electron chi connectivity index (χ3n) is 5.23. The van der Waals surface area contributed by atoms with Crippen molar-refractivity contribution in [2.75, 3.05) is 0 Å². The average molecular weight is 288 g/mol. The van der Waals surface area contributed by atoms with E-state index in [1.54, 1.807) is 0 Å². The number of carbonyl (C=O) groups excluding carboxylic acids is 1. The van der Waals surface area contributed by atoms with Gasteiger partial charge in [-0.15, -0.1) is 0 Å². The van der Waals surface area contributed by atoms with Gasteiger partial charge in [0.2, 0.25) is 0 Å². The molecule has 1 fully saturated rings. The van der Waals surface area contributed by atoms with Crippen LogP contribution in [0.2, 0.25) is 0 Å². The number of rotatable bonds is 5. The number of aliphatic hydroxyl groups is 1. The van der Waals surface area contributed by atoms with Crippen molar-refractivity contribution in [3.05, 3.63) is 35.9 Å². The third kappa shape index (κ3) is 3.94. The van der Waals surface area contributed by atoms with Gasteiger partial charge in [0.15, 0.2) is 5.78 Å². The highest BCUT2D eigenvalue weighted by Gasteiger charge is 2.33. The van der Waals surface area contributed by atoms with Crippen molar-refractivity contribution in [3.8, 4) is 0 Å². The van der Waals surface area contributed by atoms with Crippen molar-refractivity contribution in [1.82, 2.24) is 0 Å². The standard InChI is InChI=1S/C19H28O2/c1-13(2)15-9-11-17(12-10-15)19(21)14(3)18(20)16-7-5-4-6-8-16/h4-8,13-15,17,19,21H,9-12H2,1-3H3. The van der Waals surface area contributed by atoms with Crippen LogP contribution in [0, 0.1) is 23.7 Å². The molecule has 2 unspecified atom stereocenters. The van der Waals surface area contributed by atoms with Gasteiger partial charge in [-0.3, -0.25) is 4.79 Å².